The first kappa shape index (κ1) is 9.73. The van der Waals surface area contributed by atoms with Crippen molar-refractivity contribution in [3.63, 3.8) is 0 Å². The zero-order chi connectivity index (χ0) is 10.8. The highest BCUT2D eigenvalue weighted by Crippen LogP contribution is 2.17. The number of amides is 1. The van der Waals surface area contributed by atoms with E-state index in [0.29, 0.717) is 5.56 Å². The van der Waals surface area contributed by atoms with Crippen molar-refractivity contribution in [2.75, 3.05) is 0 Å². The van der Waals surface area contributed by atoms with E-state index in [1.165, 1.54) is 0 Å². The van der Waals surface area contributed by atoms with Crippen LogP contribution in [-0.4, -0.2) is 10.5 Å². The van der Waals surface area contributed by atoms with Gasteiger partial charge >= 0.3 is 0 Å². The van der Waals surface area contributed by atoms with Gasteiger partial charge < -0.3 is 4.57 Å². The summed E-state index contributed by atoms with van der Waals surface area (Å²) in [5.74, 6) is 4.82. The third kappa shape index (κ3) is 1.59. The summed E-state index contributed by atoms with van der Waals surface area (Å²) in [4.78, 5) is 11.3. The SMILES string of the molecule is CCn1ccc2ccc(C(=O)NN)cc21. The maximum absolute atomic E-state index is 11.3. The Hall–Kier alpha value is -1.81. The molecule has 2 rings (SSSR count). The van der Waals surface area contributed by atoms with Crippen molar-refractivity contribution < 1.29 is 4.79 Å². The molecule has 1 aromatic heterocycles. The molecule has 78 valence electrons. The Bertz CT molecular complexity index is 502. The molecule has 0 fully saturated rings. The Morgan fingerprint density at radius 3 is 2.93 bits per heavy atom. The Balaban J connectivity index is 2.57. The summed E-state index contributed by atoms with van der Waals surface area (Å²) in [6.45, 7) is 2.95. The number of nitrogen functional groups attached to an aromatic ring is 1. The zero-order valence-electron chi connectivity index (χ0n) is 8.53. The number of aryl methyl sites for hydroxylation is 1. The van der Waals surface area contributed by atoms with Crippen molar-refractivity contribution in [3.8, 4) is 0 Å². The summed E-state index contributed by atoms with van der Waals surface area (Å²) in [5.41, 5.74) is 3.76. The summed E-state index contributed by atoms with van der Waals surface area (Å²) < 4.78 is 2.09. The summed E-state index contributed by atoms with van der Waals surface area (Å²) in [6, 6.07) is 7.57. The van der Waals surface area contributed by atoms with Gasteiger partial charge in [0.1, 0.15) is 0 Å². The molecule has 1 aromatic carbocycles. The second kappa shape index (κ2) is 3.74. The minimum Gasteiger partial charge on any atom is -0.348 e. The number of nitrogens with zero attached hydrogens (tertiary/aromatic N) is 1. The van der Waals surface area contributed by atoms with Crippen LogP contribution in [0.25, 0.3) is 10.9 Å². The lowest BCUT2D eigenvalue weighted by Gasteiger charge is -2.03. The highest BCUT2D eigenvalue weighted by atomic mass is 16.2. The Kier molecular flexibility index (Phi) is 2.43. The smallest absolute Gasteiger partial charge is 0.265 e. The van der Waals surface area contributed by atoms with Crippen LogP contribution in [0.15, 0.2) is 30.5 Å². The molecule has 1 amide bonds. The summed E-state index contributed by atoms with van der Waals surface area (Å²) in [5, 5.41) is 1.13. The number of carbonyl (C=O) groups is 1. The third-order valence-electron chi connectivity index (χ3n) is 2.51. The van der Waals surface area contributed by atoms with Gasteiger partial charge in [0, 0.05) is 23.8 Å². The van der Waals surface area contributed by atoms with Crippen LogP contribution in [0.4, 0.5) is 0 Å². The van der Waals surface area contributed by atoms with E-state index in [-0.39, 0.29) is 5.91 Å². The first-order valence-corrected chi connectivity index (χ1v) is 4.86. The van der Waals surface area contributed by atoms with Crippen LogP contribution < -0.4 is 11.3 Å². The van der Waals surface area contributed by atoms with E-state index < -0.39 is 0 Å². The molecule has 0 bridgehead atoms. The minimum atomic E-state index is -0.263. The van der Waals surface area contributed by atoms with Crippen molar-refractivity contribution >= 4 is 16.8 Å². The van der Waals surface area contributed by atoms with E-state index in [4.69, 9.17) is 5.84 Å². The van der Waals surface area contributed by atoms with Crippen LogP contribution >= 0.6 is 0 Å². The molecule has 4 heteroatoms. The van der Waals surface area contributed by atoms with Gasteiger partial charge in [-0.05, 0) is 30.5 Å². The summed E-state index contributed by atoms with van der Waals surface area (Å²) >= 11 is 0. The lowest BCUT2D eigenvalue weighted by atomic mass is 10.1. The van der Waals surface area contributed by atoms with E-state index in [1.54, 1.807) is 6.07 Å². The van der Waals surface area contributed by atoms with Gasteiger partial charge in [0.05, 0.1) is 0 Å². The molecule has 0 atom stereocenters. The monoisotopic (exact) mass is 203 g/mol. The number of hydrogen-bond acceptors (Lipinski definition) is 2. The van der Waals surface area contributed by atoms with E-state index in [1.807, 2.05) is 24.4 Å². The predicted octanol–water partition coefficient (Wildman–Crippen LogP) is 1.26. The molecule has 0 spiro atoms. The van der Waals surface area contributed by atoms with E-state index >= 15 is 0 Å². The molecule has 0 saturated carbocycles. The van der Waals surface area contributed by atoms with Gasteiger partial charge in [-0.25, -0.2) is 5.84 Å². The number of aromatic nitrogens is 1. The third-order valence-corrected chi connectivity index (χ3v) is 2.51. The molecule has 15 heavy (non-hydrogen) atoms. The maximum Gasteiger partial charge on any atom is 0.265 e. The van der Waals surface area contributed by atoms with E-state index in [2.05, 4.69) is 16.9 Å². The minimum absolute atomic E-state index is 0.263. The average Bonchev–Trinajstić information content (AvgIpc) is 2.69. The molecular formula is C11H13N3O. The van der Waals surface area contributed by atoms with Crippen molar-refractivity contribution in [3.05, 3.63) is 36.0 Å². The van der Waals surface area contributed by atoms with Crippen LogP contribution in [0.5, 0.6) is 0 Å². The van der Waals surface area contributed by atoms with Crippen molar-refractivity contribution in [2.45, 2.75) is 13.5 Å². The van der Waals surface area contributed by atoms with Gasteiger partial charge in [-0.3, -0.25) is 10.2 Å². The van der Waals surface area contributed by atoms with Crippen molar-refractivity contribution in [1.29, 1.82) is 0 Å². The van der Waals surface area contributed by atoms with Crippen LogP contribution in [0.1, 0.15) is 17.3 Å². The zero-order valence-corrected chi connectivity index (χ0v) is 8.53. The van der Waals surface area contributed by atoms with Gasteiger partial charge in [0.15, 0.2) is 0 Å². The van der Waals surface area contributed by atoms with Crippen molar-refractivity contribution in [1.82, 2.24) is 9.99 Å². The molecule has 3 N–H and O–H groups in total. The Morgan fingerprint density at radius 2 is 2.27 bits per heavy atom. The quantitative estimate of drug-likeness (QED) is 0.438. The van der Waals surface area contributed by atoms with Crippen LogP contribution in [-0.2, 0) is 6.54 Å². The lowest BCUT2D eigenvalue weighted by molar-refractivity contribution is 0.0954. The Morgan fingerprint density at radius 1 is 1.47 bits per heavy atom. The Labute approximate surface area is 87.6 Å². The maximum atomic E-state index is 11.3. The van der Waals surface area contributed by atoms with Gasteiger partial charge in [0.2, 0.25) is 0 Å². The molecule has 0 radical (unpaired) electrons. The number of rotatable bonds is 2. The molecule has 0 aliphatic carbocycles. The number of benzene rings is 1. The summed E-state index contributed by atoms with van der Waals surface area (Å²) in [7, 11) is 0. The van der Waals surface area contributed by atoms with Crippen LogP contribution in [0, 0.1) is 0 Å². The fraction of sp³-hybridized carbons (Fsp3) is 0.182. The fourth-order valence-corrected chi connectivity index (χ4v) is 1.68. The van der Waals surface area contributed by atoms with Crippen LogP contribution in [0.2, 0.25) is 0 Å². The van der Waals surface area contributed by atoms with Crippen LogP contribution in [0.3, 0.4) is 0 Å². The van der Waals surface area contributed by atoms with Gasteiger partial charge in [-0.15, -0.1) is 0 Å². The average molecular weight is 203 g/mol. The standard InChI is InChI=1S/C11H13N3O/c1-2-14-6-5-8-3-4-9(7-10(8)14)11(15)13-12/h3-7H,2,12H2,1H3,(H,13,15). The number of hydrogen-bond donors (Lipinski definition) is 2. The van der Waals surface area contributed by atoms with E-state index in [9.17, 15) is 4.79 Å². The normalized spacial score (nSPS) is 10.5. The predicted molar refractivity (Wildman–Crippen MR) is 59.3 cm³/mol. The molecule has 0 aliphatic rings. The van der Waals surface area contributed by atoms with E-state index in [0.717, 1.165) is 17.4 Å². The first-order valence-electron chi connectivity index (χ1n) is 4.86. The topological polar surface area (TPSA) is 60.0 Å². The highest BCUT2D eigenvalue weighted by molar-refractivity contribution is 5.97. The van der Waals surface area contributed by atoms with Crippen molar-refractivity contribution in [2.24, 2.45) is 5.84 Å². The number of hydrazine groups is 1. The molecule has 4 nitrogen and oxygen atoms in total. The number of fused-ring (bicyclic) bond motifs is 1. The molecule has 0 unspecified atom stereocenters. The van der Waals surface area contributed by atoms with Gasteiger partial charge in [0.25, 0.3) is 5.91 Å². The second-order valence-electron chi connectivity index (χ2n) is 3.35. The number of carbonyl (C=O) groups excluding carboxylic acids is 1. The summed E-state index contributed by atoms with van der Waals surface area (Å²) in [6.07, 6.45) is 2.01. The second-order valence-corrected chi connectivity index (χ2v) is 3.35. The largest absolute Gasteiger partial charge is 0.348 e. The lowest BCUT2D eigenvalue weighted by Crippen LogP contribution is -2.29. The molecule has 1 heterocycles. The molecule has 0 aliphatic heterocycles. The first-order chi connectivity index (χ1) is 7.26. The number of nitrogens with two attached hydrogens (primary N) is 1. The number of nitrogens with one attached hydrogen (secondary N) is 1. The molecular weight excluding hydrogens is 190 g/mol. The van der Waals surface area contributed by atoms with Gasteiger partial charge in [-0.1, -0.05) is 6.07 Å². The molecule has 2 aromatic rings. The molecule has 0 saturated heterocycles. The fourth-order valence-electron chi connectivity index (χ4n) is 1.68. The highest BCUT2D eigenvalue weighted by Gasteiger charge is 2.06. The van der Waals surface area contributed by atoms with Gasteiger partial charge in [-0.2, -0.15) is 0 Å².